The van der Waals surface area contributed by atoms with Crippen molar-refractivity contribution in [1.82, 2.24) is 0 Å². The van der Waals surface area contributed by atoms with Crippen molar-refractivity contribution in [2.45, 2.75) is 24.2 Å². The molecule has 1 fully saturated rings. The van der Waals surface area contributed by atoms with Gasteiger partial charge in [-0.05, 0) is 49.8 Å². The van der Waals surface area contributed by atoms with E-state index < -0.39 is 0 Å². The number of nitrogens with one attached hydrogen (secondary N) is 1. The van der Waals surface area contributed by atoms with Crippen LogP contribution in [0.2, 0.25) is 0 Å². The second-order valence-corrected chi connectivity index (χ2v) is 6.57. The number of nitrogens with zero attached hydrogens (tertiary/aromatic N) is 1. The van der Waals surface area contributed by atoms with Crippen LogP contribution in [0, 0.1) is 0 Å². The van der Waals surface area contributed by atoms with Crippen molar-refractivity contribution in [3.05, 3.63) is 54.1 Å². The lowest BCUT2D eigenvalue weighted by Gasteiger charge is -2.30. The van der Waals surface area contributed by atoms with Crippen molar-refractivity contribution in [2.75, 3.05) is 29.6 Å². The van der Waals surface area contributed by atoms with Gasteiger partial charge in [-0.1, -0.05) is 24.3 Å². The molecule has 2 aromatic rings. The number of anilines is 2. The molecule has 1 heterocycles. The molecule has 0 spiro atoms. The van der Waals surface area contributed by atoms with Gasteiger partial charge in [0.25, 0.3) is 5.91 Å². The number of para-hydroxylation sites is 2. The van der Waals surface area contributed by atoms with Crippen molar-refractivity contribution in [2.24, 2.45) is 0 Å². The second kappa shape index (κ2) is 7.55. The summed E-state index contributed by atoms with van der Waals surface area (Å²) in [6.07, 6.45) is 5.73. The van der Waals surface area contributed by atoms with Gasteiger partial charge in [-0.3, -0.25) is 4.79 Å². The van der Waals surface area contributed by atoms with Gasteiger partial charge in [-0.2, -0.15) is 0 Å². The zero-order chi connectivity index (χ0) is 16.1. The standard InChI is InChI=1S/C19H22N2OS/c1-23-18-12-6-3-9-15(18)19(22)20-16-10-4-5-11-17(16)21-13-7-2-8-14-21/h3-6,9-12H,2,7-8,13-14H2,1H3,(H,20,22). The predicted molar refractivity (Wildman–Crippen MR) is 98.7 cm³/mol. The third kappa shape index (κ3) is 3.70. The van der Waals surface area contributed by atoms with Crippen LogP contribution in [0.4, 0.5) is 11.4 Å². The fourth-order valence-corrected chi connectivity index (χ4v) is 3.61. The van der Waals surface area contributed by atoms with E-state index >= 15 is 0 Å². The van der Waals surface area contributed by atoms with Crippen molar-refractivity contribution < 1.29 is 4.79 Å². The van der Waals surface area contributed by atoms with Crippen LogP contribution in [-0.2, 0) is 0 Å². The van der Waals surface area contributed by atoms with E-state index in [0.717, 1.165) is 34.9 Å². The lowest BCUT2D eigenvalue weighted by Crippen LogP contribution is -2.30. The second-order valence-electron chi connectivity index (χ2n) is 5.72. The van der Waals surface area contributed by atoms with Crippen LogP contribution >= 0.6 is 11.8 Å². The van der Waals surface area contributed by atoms with E-state index in [9.17, 15) is 4.79 Å². The summed E-state index contributed by atoms with van der Waals surface area (Å²) >= 11 is 1.60. The first-order chi connectivity index (χ1) is 11.3. The lowest BCUT2D eigenvalue weighted by atomic mass is 10.1. The Hall–Kier alpha value is -1.94. The molecular weight excluding hydrogens is 304 g/mol. The van der Waals surface area contributed by atoms with Crippen molar-refractivity contribution in [1.29, 1.82) is 0 Å². The van der Waals surface area contributed by atoms with Crippen LogP contribution in [0.3, 0.4) is 0 Å². The van der Waals surface area contributed by atoms with Crippen LogP contribution in [0.25, 0.3) is 0 Å². The van der Waals surface area contributed by atoms with Gasteiger partial charge in [0.1, 0.15) is 0 Å². The summed E-state index contributed by atoms with van der Waals surface area (Å²) in [5.74, 6) is -0.0422. The van der Waals surface area contributed by atoms with Crippen LogP contribution in [-0.4, -0.2) is 25.3 Å². The molecule has 23 heavy (non-hydrogen) atoms. The predicted octanol–water partition coefficient (Wildman–Crippen LogP) is 4.65. The average molecular weight is 326 g/mol. The number of benzene rings is 2. The lowest BCUT2D eigenvalue weighted by molar-refractivity contribution is 0.102. The van der Waals surface area contributed by atoms with E-state index in [-0.39, 0.29) is 5.91 Å². The Morgan fingerprint density at radius 2 is 1.70 bits per heavy atom. The van der Waals surface area contributed by atoms with Gasteiger partial charge in [0.15, 0.2) is 0 Å². The summed E-state index contributed by atoms with van der Waals surface area (Å²) in [4.78, 5) is 16.1. The molecule has 1 aliphatic heterocycles. The van der Waals surface area contributed by atoms with Crippen molar-refractivity contribution in [3.8, 4) is 0 Å². The molecule has 1 saturated heterocycles. The highest BCUT2D eigenvalue weighted by Gasteiger charge is 2.17. The SMILES string of the molecule is CSc1ccccc1C(=O)Nc1ccccc1N1CCCCC1. The van der Waals surface area contributed by atoms with Gasteiger partial charge in [0.05, 0.1) is 16.9 Å². The van der Waals surface area contributed by atoms with E-state index in [1.807, 2.05) is 48.7 Å². The number of thioether (sulfide) groups is 1. The third-order valence-electron chi connectivity index (χ3n) is 4.20. The average Bonchev–Trinajstić information content (AvgIpc) is 2.63. The van der Waals surface area contributed by atoms with Crippen molar-refractivity contribution in [3.63, 3.8) is 0 Å². The quantitative estimate of drug-likeness (QED) is 0.830. The molecule has 1 amide bonds. The number of amides is 1. The fraction of sp³-hybridized carbons (Fsp3) is 0.316. The summed E-state index contributed by atoms with van der Waals surface area (Å²) in [7, 11) is 0. The molecule has 3 rings (SSSR count). The Balaban J connectivity index is 1.84. The van der Waals surface area contributed by atoms with Gasteiger partial charge < -0.3 is 10.2 Å². The monoisotopic (exact) mass is 326 g/mol. The zero-order valence-electron chi connectivity index (χ0n) is 13.4. The molecular formula is C19H22N2OS. The maximum Gasteiger partial charge on any atom is 0.256 e. The molecule has 3 nitrogen and oxygen atoms in total. The van der Waals surface area contributed by atoms with E-state index in [4.69, 9.17) is 0 Å². The summed E-state index contributed by atoms with van der Waals surface area (Å²) in [6, 6.07) is 15.8. The number of rotatable bonds is 4. The summed E-state index contributed by atoms with van der Waals surface area (Å²) in [5.41, 5.74) is 2.76. The molecule has 0 atom stereocenters. The van der Waals surface area contributed by atoms with Gasteiger partial charge in [-0.25, -0.2) is 0 Å². The summed E-state index contributed by atoms with van der Waals surface area (Å²) < 4.78 is 0. The number of hydrogen-bond donors (Lipinski definition) is 1. The van der Waals surface area contributed by atoms with E-state index in [0.29, 0.717) is 0 Å². The largest absolute Gasteiger partial charge is 0.370 e. The van der Waals surface area contributed by atoms with Gasteiger partial charge in [0.2, 0.25) is 0 Å². The van der Waals surface area contributed by atoms with Crippen LogP contribution in [0.5, 0.6) is 0 Å². The van der Waals surface area contributed by atoms with Crippen molar-refractivity contribution >= 4 is 29.0 Å². The highest BCUT2D eigenvalue weighted by Crippen LogP contribution is 2.29. The van der Waals surface area contributed by atoms with Crippen LogP contribution in [0.1, 0.15) is 29.6 Å². The first-order valence-electron chi connectivity index (χ1n) is 8.08. The Kier molecular flexibility index (Phi) is 5.23. The fourth-order valence-electron chi connectivity index (χ4n) is 3.01. The van der Waals surface area contributed by atoms with Gasteiger partial charge in [0, 0.05) is 18.0 Å². The molecule has 0 bridgehead atoms. The zero-order valence-corrected chi connectivity index (χ0v) is 14.2. The summed E-state index contributed by atoms with van der Waals surface area (Å²) in [5, 5.41) is 3.10. The smallest absolute Gasteiger partial charge is 0.256 e. The molecule has 4 heteroatoms. The number of carbonyl (C=O) groups excluding carboxylic acids is 1. The van der Waals surface area contributed by atoms with E-state index in [2.05, 4.69) is 16.3 Å². The minimum absolute atomic E-state index is 0.0422. The van der Waals surface area contributed by atoms with E-state index in [1.54, 1.807) is 11.8 Å². The summed E-state index contributed by atoms with van der Waals surface area (Å²) in [6.45, 7) is 2.13. The maximum atomic E-state index is 12.7. The Bertz CT molecular complexity index is 681. The Labute approximate surface area is 142 Å². The Morgan fingerprint density at radius 1 is 1.00 bits per heavy atom. The minimum atomic E-state index is -0.0422. The molecule has 0 saturated carbocycles. The third-order valence-corrected chi connectivity index (χ3v) is 5.00. The number of carbonyl (C=O) groups is 1. The minimum Gasteiger partial charge on any atom is -0.370 e. The number of piperidine rings is 1. The molecule has 1 aliphatic rings. The maximum absolute atomic E-state index is 12.7. The van der Waals surface area contributed by atoms with Crippen LogP contribution < -0.4 is 10.2 Å². The molecule has 0 radical (unpaired) electrons. The highest BCUT2D eigenvalue weighted by molar-refractivity contribution is 7.98. The number of hydrogen-bond acceptors (Lipinski definition) is 3. The molecule has 0 aromatic heterocycles. The molecule has 1 N–H and O–H groups in total. The van der Waals surface area contributed by atoms with E-state index in [1.165, 1.54) is 19.3 Å². The van der Waals surface area contributed by atoms with Gasteiger partial charge >= 0.3 is 0 Å². The first-order valence-corrected chi connectivity index (χ1v) is 9.30. The molecule has 0 unspecified atom stereocenters. The molecule has 120 valence electrons. The molecule has 0 aliphatic carbocycles. The highest BCUT2D eigenvalue weighted by atomic mass is 32.2. The first kappa shape index (κ1) is 15.9. The normalized spacial score (nSPS) is 14.6. The Morgan fingerprint density at radius 3 is 2.48 bits per heavy atom. The molecule has 2 aromatic carbocycles. The van der Waals surface area contributed by atoms with Gasteiger partial charge in [-0.15, -0.1) is 11.8 Å². The topological polar surface area (TPSA) is 32.3 Å². The van der Waals surface area contributed by atoms with Crippen LogP contribution in [0.15, 0.2) is 53.4 Å².